The molecule has 1 atom stereocenters. The normalized spacial score (nSPS) is 20.0. The zero-order chi connectivity index (χ0) is 14.0. The fourth-order valence-electron chi connectivity index (χ4n) is 2.05. The van der Waals surface area contributed by atoms with Crippen molar-refractivity contribution in [3.05, 3.63) is 18.0 Å². The molecule has 1 aliphatic heterocycles. The van der Waals surface area contributed by atoms with Crippen molar-refractivity contribution < 1.29 is 18.0 Å². The molecule has 1 fully saturated rings. The molecule has 1 aromatic rings. The highest BCUT2D eigenvalue weighted by Gasteiger charge is 2.29. The van der Waals surface area contributed by atoms with Crippen LogP contribution in [-0.2, 0) is 17.8 Å². The summed E-state index contributed by atoms with van der Waals surface area (Å²) in [4.78, 5) is 13.5. The van der Waals surface area contributed by atoms with Crippen molar-refractivity contribution >= 4 is 5.91 Å². The monoisotopic (exact) mass is 276 g/mol. The van der Waals surface area contributed by atoms with E-state index in [4.69, 9.17) is 5.73 Å². The van der Waals surface area contributed by atoms with Crippen LogP contribution in [-0.4, -0.2) is 45.9 Å². The van der Waals surface area contributed by atoms with E-state index in [0.29, 0.717) is 18.8 Å². The van der Waals surface area contributed by atoms with E-state index < -0.39 is 12.7 Å². The van der Waals surface area contributed by atoms with Gasteiger partial charge in [-0.25, -0.2) is 0 Å². The number of carbonyl (C=O) groups is 1. The molecule has 1 saturated heterocycles. The molecule has 106 valence electrons. The van der Waals surface area contributed by atoms with E-state index >= 15 is 0 Å². The summed E-state index contributed by atoms with van der Waals surface area (Å²) in [5.74, 6) is -0.148. The summed E-state index contributed by atoms with van der Waals surface area (Å²) in [7, 11) is 0. The molecular formula is C11H15F3N4O. The number of nitrogens with two attached hydrogens (primary N) is 1. The first kappa shape index (κ1) is 13.9. The molecule has 2 heterocycles. The maximum Gasteiger partial charge on any atom is 0.408 e. The van der Waals surface area contributed by atoms with Crippen molar-refractivity contribution in [1.82, 2.24) is 14.7 Å². The zero-order valence-electron chi connectivity index (χ0n) is 10.2. The average molecular weight is 276 g/mol. The fraction of sp³-hybridized carbons (Fsp3) is 0.636. The minimum Gasteiger partial charge on any atom is -0.341 e. The quantitative estimate of drug-likeness (QED) is 0.876. The van der Waals surface area contributed by atoms with Crippen molar-refractivity contribution in [2.75, 3.05) is 13.1 Å². The number of carbonyl (C=O) groups excluding carboxylic acids is 1. The summed E-state index contributed by atoms with van der Waals surface area (Å²) >= 11 is 0. The molecule has 8 heteroatoms. The third-order valence-electron chi connectivity index (χ3n) is 2.95. The molecule has 1 unspecified atom stereocenters. The average Bonchev–Trinajstić information content (AvgIpc) is 2.85. The highest BCUT2D eigenvalue weighted by molar-refractivity contribution is 5.78. The Morgan fingerprint density at radius 3 is 2.84 bits per heavy atom. The van der Waals surface area contributed by atoms with Gasteiger partial charge in [0.15, 0.2) is 0 Å². The Morgan fingerprint density at radius 1 is 1.53 bits per heavy atom. The number of hydrogen-bond donors (Lipinski definition) is 1. The SMILES string of the molecule is NC1CCN(C(=O)Cc2ccn(CC(F)(F)F)n2)C1. The summed E-state index contributed by atoms with van der Waals surface area (Å²) < 4.78 is 37.2. The van der Waals surface area contributed by atoms with Crippen LogP contribution in [0.1, 0.15) is 12.1 Å². The first-order valence-electron chi connectivity index (χ1n) is 5.96. The molecule has 19 heavy (non-hydrogen) atoms. The van der Waals surface area contributed by atoms with Crippen LogP contribution in [0, 0.1) is 0 Å². The third-order valence-corrected chi connectivity index (χ3v) is 2.95. The maximum absolute atomic E-state index is 12.2. The van der Waals surface area contributed by atoms with Crippen molar-refractivity contribution in [2.45, 2.75) is 31.6 Å². The summed E-state index contributed by atoms with van der Waals surface area (Å²) in [6.07, 6.45) is -2.31. The van der Waals surface area contributed by atoms with Crippen molar-refractivity contribution in [3.8, 4) is 0 Å². The molecule has 0 aliphatic carbocycles. The molecule has 5 nitrogen and oxygen atoms in total. The van der Waals surface area contributed by atoms with Crippen LogP contribution in [0.2, 0.25) is 0 Å². The Kier molecular flexibility index (Phi) is 3.79. The van der Waals surface area contributed by atoms with E-state index in [9.17, 15) is 18.0 Å². The van der Waals surface area contributed by atoms with E-state index in [0.717, 1.165) is 11.1 Å². The van der Waals surface area contributed by atoms with Crippen molar-refractivity contribution in [1.29, 1.82) is 0 Å². The largest absolute Gasteiger partial charge is 0.408 e. The Morgan fingerprint density at radius 2 is 2.26 bits per heavy atom. The van der Waals surface area contributed by atoms with Crippen LogP contribution in [0.3, 0.4) is 0 Å². The number of likely N-dealkylation sites (tertiary alicyclic amines) is 1. The van der Waals surface area contributed by atoms with Crippen molar-refractivity contribution in [3.63, 3.8) is 0 Å². The number of alkyl halides is 3. The van der Waals surface area contributed by atoms with Gasteiger partial charge >= 0.3 is 6.18 Å². The topological polar surface area (TPSA) is 64.2 Å². The van der Waals surface area contributed by atoms with Gasteiger partial charge in [0.05, 0.1) is 12.1 Å². The van der Waals surface area contributed by atoms with Gasteiger partial charge < -0.3 is 10.6 Å². The molecule has 1 aromatic heterocycles. The van der Waals surface area contributed by atoms with E-state index in [-0.39, 0.29) is 18.4 Å². The smallest absolute Gasteiger partial charge is 0.341 e. The lowest BCUT2D eigenvalue weighted by Gasteiger charge is -2.14. The first-order chi connectivity index (χ1) is 8.83. The van der Waals surface area contributed by atoms with Crippen LogP contribution < -0.4 is 5.73 Å². The standard InChI is InChI=1S/C11H15F3N4O/c12-11(13,14)7-18-4-2-9(16-18)5-10(19)17-3-1-8(15)6-17/h2,4,8H,1,3,5-7,15H2. The fourth-order valence-corrected chi connectivity index (χ4v) is 2.05. The molecule has 0 radical (unpaired) electrons. The maximum atomic E-state index is 12.2. The highest BCUT2D eigenvalue weighted by Crippen LogP contribution is 2.17. The molecule has 1 aliphatic rings. The number of amides is 1. The van der Waals surface area contributed by atoms with Gasteiger partial charge in [-0.3, -0.25) is 9.48 Å². The third kappa shape index (κ3) is 3.95. The second-order valence-electron chi connectivity index (χ2n) is 4.69. The lowest BCUT2D eigenvalue weighted by Crippen LogP contribution is -2.33. The highest BCUT2D eigenvalue weighted by atomic mass is 19.4. The van der Waals surface area contributed by atoms with Crippen LogP contribution in [0.4, 0.5) is 13.2 Å². The van der Waals surface area contributed by atoms with Gasteiger partial charge in [0, 0.05) is 25.3 Å². The van der Waals surface area contributed by atoms with Gasteiger partial charge in [-0.15, -0.1) is 0 Å². The second-order valence-corrected chi connectivity index (χ2v) is 4.69. The van der Waals surface area contributed by atoms with Gasteiger partial charge in [0.1, 0.15) is 6.54 Å². The predicted molar refractivity (Wildman–Crippen MR) is 61.2 cm³/mol. The number of rotatable bonds is 3. The van der Waals surface area contributed by atoms with Gasteiger partial charge in [0.25, 0.3) is 0 Å². The van der Waals surface area contributed by atoms with Gasteiger partial charge in [-0.2, -0.15) is 18.3 Å². The Labute approximate surface area is 108 Å². The zero-order valence-corrected chi connectivity index (χ0v) is 10.2. The van der Waals surface area contributed by atoms with E-state index in [1.54, 1.807) is 4.90 Å². The lowest BCUT2D eigenvalue weighted by molar-refractivity contribution is -0.142. The van der Waals surface area contributed by atoms with Gasteiger partial charge in [-0.05, 0) is 12.5 Å². The molecule has 2 N–H and O–H groups in total. The van der Waals surface area contributed by atoms with Crippen molar-refractivity contribution in [2.24, 2.45) is 5.73 Å². The molecule has 1 amide bonds. The number of aromatic nitrogens is 2. The Balaban J connectivity index is 1.91. The van der Waals surface area contributed by atoms with Crippen LogP contribution in [0.5, 0.6) is 0 Å². The van der Waals surface area contributed by atoms with E-state index in [1.165, 1.54) is 12.3 Å². The van der Waals surface area contributed by atoms with Crippen LogP contribution in [0.15, 0.2) is 12.3 Å². The summed E-state index contributed by atoms with van der Waals surface area (Å²) in [5, 5.41) is 3.74. The summed E-state index contributed by atoms with van der Waals surface area (Å²) in [6, 6.07) is 1.42. The predicted octanol–water partition coefficient (Wildman–Crippen LogP) is 0.547. The van der Waals surface area contributed by atoms with Gasteiger partial charge in [0.2, 0.25) is 5.91 Å². The molecule has 0 aromatic carbocycles. The lowest BCUT2D eigenvalue weighted by atomic mass is 10.3. The van der Waals surface area contributed by atoms with Crippen LogP contribution >= 0.6 is 0 Å². The molecule has 0 spiro atoms. The number of nitrogens with zero attached hydrogens (tertiary/aromatic N) is 3. The minimum atomic E-state index is -4.31. The van der Waals surface area contributed by atoms with E-state index in [2.05, 4.69) is 5.10 Å². The molecular weight excluding hydrogens is 261 g/mol. The Bertz CT molecular complexity index is 457. The summed E-state index contributed by atoms with van der Waals surface area (Å²) in [6.45, 7) is -0.0405. The van der Waals surface area contributed by atoms with Gasteiger partial charge in [-0.1, -0.05) is 0 Å². The molecule has 0 bridgehead atoms. The number of halogens is 3. The molecule has 2 rings (SSSR count). The minimum absolute atomic E-state index is 0.00765. The first-order valence-corrected chi connectivity index (χ1v) is 5.96. The van der Waals surface area contributed by atoms with E-state index in [1.807, 2.05) is 0 Å². The molecule has 0 saturated carbocycles. The second kappa shape index (κ2) is 5.20. The summed E-state index contributed by atoms with van der Waals surface area (Å²) in [5.41, 5.74) is 6.03. The number of hydrogen-bond acceptors (Lipinski definition) is 3. The Hall–Kier alpha value is -1.57. The van der Waals surface area contributed by atoms with Crippen LogP contribution in [0.25, 0.3) is 0 Å².